The van der Waals surface area contributed by atoms with Gasteiger partial charge >= 0.3 is 12.0 Å². The predicted octanol–water partition coefficient (Wildman–Crippen LogP) is 2.51. The minimum Gasteiger partial charge on any atom is -0.482 e. The van der Waals surface area contributed by atoms with Crippen molar-refractivity contribution >= 4 is 29.5 Å². The van der Waals surface area contributed by atoms with Crippen LogP contribution in [-0.2, 0) is 14.3 Å². The molecule has 0 radical (unpaired) electrons. The summed E-state index contributed by atoms with van der Waals surface area (Å²) < 4.78 is 10.5. The number of ether oxygens (including phenoxy) is 2. The first-order chi connectivity index (χ1) is 12.4. The summed E-state index contributed by atoms with van der Waals surface area (Å²) in [4.78, 5) is 35.1. The average Bonchev–Trinajstić information content (AvgIpc) is 2.60. The van der Waals surface area contributed by atoms with Gasteiger partial charge in [-0.3, -0.25) is 10.1 Å². The number of benzene rings is 2. The molecule has 0 aliphatic heterocycles. The Bertz CT molecular complexity index is 810. The van der Waals surface area contributed by atoms with Gasteiger partial charge in [0, 0.05) is 10.6 Å². The number of halogens is 1. The fraction of sp³-hybridized carbons (Fsp3) is 0.167. The molecule has 0 spiro atoms. The van der Waals surface area contributed by atoms with Gasteiger partial charge in [-0.1, -0.05) is 41.9 Å². The maximum atomic E-state index is 12.1. The number of carbonyl (C=O) groups is 3. The minimum atomic E-state index is -1.33. The van der Waals surface area contributed by atoms with Gasteiger partial charge in [0.15, 0.2) is 6.61 Å². The number of carbonyl (C=O) groups excluding carboxylic acids is 3. The van der Waals surface area contributed by atoms with Crippen molar-refractivity contribution < 1.29 is 23.9 Å². The van der Waals surface area contributed by atoms with Crippen molar-refractivity contribution in [3.63, 3.8) is 0 Å². The lowest BCUT2D eigenvalue weighted by Gasteiger charge is -2.17. The Hall–Kier alpha value is -3.06. The Kier molecular flexibility index (Phi) is 6.57. The summed E-state index contributed by atoms with van der Waals surface area (Å²) >= 11 is 5.93. The number of aryl methyl sites for hydroxylation is 1. The maximum absolute atomic E-state index is 12.1. The van der Waals surface area contributed by atoms with Crippen LogP contribution < -0.4 is 15.8 Å². The highest BCUT2D eigenvalue weighted by Gasteiger charge is 2.26. The summed E-state index contributed by atoms with van der Waals surface area (Å²) in [5.74, 6) is -1.20. The average molecular weight is 377 g/mol. The lowest BCUT2D eigenvalue weighted by Crippen LogP contribution is -2.40. The Morgan fingerprint density at radius 1 is 1.15 bits per heavy atom. The van der Waals surface area contributed by atoms with Crippen molar-refractivity contribution in [1.29, 1.82) is 0 Å². The van der Waals surface area contributed by atoms with Gasteiger partial charge in [0.25, 0.3) is 5.91 Å². The molecule has 136 valence electrons. The molecule has 2 aromatic carbocycles. The van der Waals surface area contributed by atoms with Crippen molar-refractivity contribution in [3.05, 3.63) is 64.7 Å². The Labute approximate surface area is 155 Å². The lowest BCUT2D eigenvalue weighted by atomic mass is 10.1. The summed E-state index contributed by atoms with van der Waals surface area (Å²) in [6, 6.07) is 12.1. The van der Waals surface area contributed by atoms with E-state index in [0.29, 0.717) is 16.3 Å². The Morgan fingerprint density at radius 2 is 1.85 bits per heavy atom. The van der Waals surface area contributed by atoms with Crippen molar-refractivity contribution in [2.75, 3.05) is 6.61 Å². The van der Waals surface area contributed by atoms with E-state index in [9.17, 15) is 14.4 Å². The molecule has 0 saturated heterocycles. The van der Waals surface area contributed by atoms with E-state index in [0.717, 1.165) is 5.56 Å². The molecule has 1 atom stereocenters. The molecule has 7 nitrogen and oxygen atoms in total. The first-order valence-electron chi connectivity index (χ1n) is 7.60. The van der Waals surface area contributed by atoms with E-state index < -0.39 is 30.6 Å². The number of hydrogen-bond donors (Lipinski definition) is 2. The highest BCUT2D eigenvalue weighted by Crippen LogP contribution is 2.22. The normalized spacial score (nSPS) is 11.3. The van der Waals surface area contributed by atoms with Crippen LogP contribution in [0.15, 0.2) is 48.5 Å². The minimum absolute atomic E-state index is 0.391. The monoisotopic (exact) mass is 376 g/mol. The number of rotatable bonds is 6. The van der Waals surface area contributed by atoms with E-state index in [4.69, 9.17) is 26.8 Å². The first-order valence-corrected chi connectivity index (χ1v) is 7.98. The van der Waals surface area contributed by atoms with Crippen molar-refractivity contribution in [2.45, 2.75) is 13.0 Å². The van der Waals surface area contributed by atoms with E-state index in [1.165, 1.54) is 0 Å². The molecule has 0 aliphatic carbocycles. The van der Waals surface area contributed by atoms with Crippen molar-refractivity contribution in [3.8, 4) is 5.75 Å². The van der Waals surface area contributed by atoms with Gasteiger partial charge in [-0.25, -0.2) is 9.59 Å². The lowest BCUT2D eigenvalue weighted by molar-refractivity contribution is -0.158. The van der Waals surface area contributed by atoms with Gasteiger partial charge in [-0.15, -0.1) is 0 Å². The molecule has 2 rings (SSSR count). The third-order valence-electron chi connectivity index (χ3n) is 3.32. The van der Waals surface area contributed by atoms with Crippen molar-refractivity contribution in [1.82, 2.24) is 5.32 Å². The standard InChI is InChI=1S/C18H17ClN2O5/c1-11-9-13(7-8-14(11)19)25-10-15(22)26-16(17(23)21-18(20)24)12-5-3-2-4-6-12/h2-9,16H,10H2,1H3,(H3,20,21,23,24). The fourth-order valence-corrected chi connectivity index (χ4v) is 2.22. The zero-order valence-electron chi connectivity index (χ0n) is 13.9. The number of nitrogens with two attached hydrogens (primary N) is 1. The van der Waals surface area contributed by atoms with Crippen LogP contribution >= 0.6 is 11.6 Å². The topological polar surface area (TPSA) is 108 Å². The van der Waals surface area contributed by atoms with Gasteiger partial charge in [0.1, 0.15) is 5.75 Å². The summed E-state index contributed by atoms with van der Waals surface area (Å²) in [5.41, 5.74) is 6.14. The van der Waals surface area contributed by atoms with Crippen LogP contribution in [0.5, 0.6) is 5.75 Å². The molecule has 0 saturated carbocycles. The summed E-state index contributed by atoms with van der Waals surface area (Å²) in [6.45, 7) is 1.38. The fourth-order valence-electron chi connectivity index (χ4n) is 2.10. The van der Waals surface area contributed by atoms with Crippen LogP contribution in [0.25, 0.3) is 0 Å². The highest BCUT2D eigenvalue weighted by atomic mass is 35.5. The van der Waals surface area contributed by atoms with Gasteiger partial charge in [-0.2, -0.15) is 0 Å². The number of nitrogens with one attached hydrogen (secondary N) is 1. The molecule has 3 amide bonds. The van der Waals surface area contributed by atoms with Crippen LogP contribution in [0.2, 0.25) is 5.02 Å². The van der Waals surface area contributed by atoms with Gasteiger partial charge in [0.2, 0.25) is 6.10 Å². The number of esters is 1. The van der Waals surface area contributed by atoms with Gasteiger partial charge in [-0.05, 0) is 30.7 Å². The molecular weight excluding hydrogens is 360 g/mol. The van der Waals surface area contributed by atoms with E-state index in [2.05, 4.69) is 0 Å². The van der Waals surface area contributed by atoms with E-state index in [1.807, 2.05) is 5.32 Å². The van der Waals surface area contributed by atoms with Gasteiger partial charge in [0.05, 0.1) is 0 Å². The SMILES string of the molecule is Cc1cc(OCC(=O)OC(C(=O)NC(N)=O)c2ccccc2)ccc1Cl. The molecule has 26 heavy (non-hydrogen) atoms. The molecule has 0 aliphatic rings. The van der Waals surface area contributed by atoms with E-state index in [-0.39, 0.29) is 0 Å². The predicted molar refractivity (Wildman–Crippen MR) is 94.7 cm³/mol. The summed E-state index contributed by atoms with van der Waals surface area (Å²) in [5, 5.41) is 2.48. The number of primary amides is 1. The molecule has 0 bridgehead atoms. The van der Waals surface area contributed by atoms with Crippen molar-refractivity contribution in [2.24, 2.45) is 5.73 Å². The number of hydrogen-bond acceptors (Lipinski definition) is 5. The van der Waals surface area contributed by atoms with Crippen LogP contribution in [0, 0.1) is 6.92 Å². The van der Waals surface area contributed by atoms with E-state index >= 15 is 0 Å². The molecule has 1 unspecified atom stereocenters. The third-order valence-corrected chi connectivity index (χ3v) is 3.75. The number of amides is 3. The van der Waals surface area contributed by atoms with Gasteiger partial charge < -0.3 is 15.2 Å². The third kappa shape index (κ3) is 5.49. The smallest absolute Gasteiger partial charge is 0.345 e. The molecule has 2 aromatic rings. The maximum Gasteiger partial charge on any atom is 0.345 e. The zero-order valence-corrected chi connectivity index (χ0v) is 14.7. The molecule has 3 N–H and O–H groups in total. The zero-order chi connectivity index (χ0) is 19.1. The van der Waals surface area contributed by atoms with Crippen LogP contribution in [0.4, 0.5) is 4.79 Å². The van der Waals surface area contributed by atoms with Crippen LogP contribution in [0.3, 0.4) is 0 Å². The molecule has 0 heterocycles. The highest BCUT2D eigenvalue weighted by molar-refractivity contribution is 6.31. The second kappa shape index (κ2) is 8.87. The molecule has 8 heteroatoms. The first kappa shape index (κ1) is 19.3. The number of imide groups is 1. The Balaban J connectivity index is 2.04. The second-order valence-corrected chi connectivity index (χ2v) is 5.74. The summed E-state index contributed by atoms with van der Waals surface area (Å²) in [6.07, 6.45) is -1.33. The van der Waals surface area contributed by atoms with Crippen LogP contribution in [0.1, 0.15) is 17.2 Å². The second-order valence-electron chi connectivity index (χ2n) is 5.33. The quantitative estimate of drug-likeness (QED) is 0.753. The Morgan fingerprint density at radius 3 is 2.46 bits per heavy atom. The molecule has 0 fully saturated rings. The molecular formula is C18H17ClN2O5. The van der Waals surface area contributed by atoms with Crippen LogP contribution in [-0.4, -0.2) is 24.5 Å². The van der Waals surface area contributed by atoms with E-state index in [1.54, 1.807) is 55.5 Å². The largest absolute Gasteiger partial charge is 0.482 e. The molecule has 0 aromatic heterocycles. The number of urea groups is 1. The summed E-state index contributed by atoms with van der Waals surface area (Å²) in [7, 11) is 0.